The second kappa shape index (κ2) is 6.73. The van der Waals surface area contributed by atoms with Gasteiger partial charge in [-0.15, -0.1) is 0 Å². The van der Waals surface area contributed by atoms with Gasteiger partial charge in [0.25, 0.3) is 0 Å². The fraction of sp³-hybridized carbons (Fsp3) is 0.0455. The van der Waals surface area contributed by atoms with E-state index in [1.165, 1.54) is 16.9 Å². The minimum absolute atomic E-state index is 0.347. The Morgan fingerprint density at radius 1 is 0.885 bits per heavy atom. The Hall–Kier alpha value is -2.98. The molecule has 1 N–H and O–H groups in total. The van der Waals surface area contributed by atoms with Gasteiger partial charge in [0.05, 0.1) is 24.0 Å². The van der Waals surface area contributed by atoms with E-state index in [0.717, 1.165) is 28.1 Å². The second-order valence-electron chi connectivity index (χ2n) is 5.99. The summed E-state index contributed by atoms with van der Waals surface area (Å²) in [6, 6.07) is 21.9. The van der Waals surface area contributed by atoms with Crippen LogP contribution in [-0.4, -0.2) is 13.1 Å². The topological polar surface area (TPSA) is 38.3 Å². The molecule has 128 valence electrons. The van der Waals surface area contributed by atoms with Crippen molar-refractivity contribution >= 4 is 34.7 Å². The van der Waals surface area contributed by atoms with Crippen LogP contribution in [0.3, 0.4) is 0 Å². The molecule has 3 aromatic carbocycles. The van der Waals surface area contributed by atoms with Crippen molar-refractivity contribution in [3.63, 3.8) is 0 Å². The van der Waals surface area contributed by atoms with E-state index < -0.39 is 0 Å². The highest BCUT2D eigenvalue weighted by atomic mass is 32.2. The number of benzene rings is 3. The summed E-state index contributed by atoms with van der Waals surface area (Å²) in [5, 5.41) is 3.49. The normalized spacial score (nSPS) is 11.7. The number of rotatable bonds is 3. The highest BCUT2D eigenvalue weighted by molar-refractivity contribution is 7.99. The summed E-state index contributed by atoms with van der Waals surface area (Å²) in [4.78, 5) is 14.2. The maximum atomic E-state index is 11.8. The first-order valence-corrected chi connectivity index (χ1v) is 9.03. The predicted octanol–water partition coefficient (Wildman–Crippen LogP) is 5.74. The van der Waals surface area contributed by atoms with E-state index in [1.54, 1.807) is 17.8 Å². The summed E-state index contributed by atoms with van der Waals surface area (Å²) < 4.78 is 4.80. The van der Waals surface area contributed by atoms with Crippen LogP contribution in [-0.2, 0) is 4.74 Å². The molecule has 3 nitrogen and oxygen atoms in total. The number of carbonyl (C=O) groups is 1. The molecule has 0 radical (unpaired) electrons. The maximum absolute atomic E-state index is 11.8. The van der Waals surface area contributed by atoms with Crippen LogP contribution in [0.5, 0.6) is 0 Å². The first-order chi connectivity index (χ1) is 12.7. The first-order valence-electron chi connectivity index (χ1n) is 8.22. The zero-order valence-corrected chi connectivity index (χ0v) is 15.1. The number of esters is 1. The van der Waals surface area contributed by atoms with Gasteiger partial charge in [-0.3, -0.25) is 0 Å². The third-order valence-corrected chi connectivity index (χ3v) is 5.49. The van der Waals surface area contributed by atoms with Crippen LogP contribution in [0.1, 0.15) is 21.5 Å². The Bertz CT molecular complexity index is 1030. The molecule has 0 unspecified atom stereocenters. The van der Waals surface area contributed by atoms with Gasteiger partial charge in [0.15, 0.2) is 0 Å². The molecule has 3 aromatic rings. The van der Waals surface area contributed by atoms with Crippen LogP contribution in [0.4, 0.5) is 11.4 Å². The zero-order chi connectivity index (χ0) is 18.1. The summed E-state index contributed by atoms with van der Waals surface area (Å²) in [5.74, 6) is -0.347. The molecule has 0 bridgehead atoms. The number of methoxy groups -OCH3 is 1. The molecule has 0 saturated carbocycles. The van der Waals surface area contributed by atoms with Crippen LogP contribution in [0, 0.1) is 0 Å². The number of hydrogen-bond donors (Lipinski definition) is 1. The Morgan fingerprint density at radius 2 is 1.62 bits per heavy atom. The van der Waals surface area contributed by atoms with Crippen LogP contribution >= 0.6 is 11.8 Å². The summed E-state index contributed by atoms with van der Waals surface area (Å²) in [5.41, 5.74) is 5.47. The minimum atomic E-state index is -0.347. The molecule has 1 aliphatic rings. The fourth-order valence-corrected chi connectivity index (χ4v) is 3.91. The van der Waals surface area contributed by atoms with Crippen molar-refractivity contribution in [3.05, 3.63) is 90.0 Å². The Morgan fingerprint density at radius 3 is 2.46 bits per heavy atom. The number of anilines is 2. The molecule has 1 heterocycles. The molecule has 0 amide bonds. The summed E-state index contributed by atoms with van der Waals surface area (Å²) in [6.45, 7) is 4.23. The van der Waals surface area contributed by atoms with Gasteiger partial charge in [-0.2, -0.15) is 0 Å². The molecular formula is C22H17NO2S. The smallest absolute Gasteiger partial charge is 0.337 e. The van der Waals surface area contributed by atoms with Gasteiger partial charge >= 0.3 is 5.97 Å². The van der Waals surface area contributed by atoms with Crippen molar-refractivity contribution in [2.24, 2.45) is 0 Å². The van der Waals surface area contributed by atoms with Crippen molar-refractivity contribution in [3.8, 4) is 0 Å². The molecule has 0 atom stereocenters. The molecular weight excluding hydrogens is 342 g/mol. The fourth-order valence-electron chi connectivity index (χ4n) is 2.95. The van der Waals surface area contributed by atoms with Crippen molar-refractivity contribution in [2.45, 2.75) is 9.79 Å². The van der Waals surface area contributed by atoms with Crippen LogP contribution in [0.25, 0.3) is 5.57 Å². The lowest BCUT2D eigenvalue weighted by atomic mass is 9.97. The molecule has 0 spiro atoms. The van der Waals surface area contributed by atoms with Gasteiger partial charge in [0, 0.05) is 9.79 Å². The average molecular weight is 359 g/mol. The van der Waals surface area contributed by atoms with E-state index in [4.69, 9.17) is 4.74 Å². The maximum Gasteiger partial charge on any atom is 0.337 e. The summed E-state index contributed by atoms with van der Waals surface area (Å²) in [6.07, 6.45) is 0. The van der Waals surface area contributed by atoms with Gasteiger partial charge in [0.1, 0.15) is 0 Å². The van der Waals surface area contributed by atoms with Crippen molar-refractivity contribution in [1.29, 1.82) is 0 Å². The zero-order valence-electron chi connectivity index (χ0n) is 14.3. The van der Waals surface area contributed by atoms with Crippen molar-refractivity contribution < 1.29 is 9.53 Å². The average Bonchev–Trinajstić information content (AvgIpc) is 2.70. The Labute approximate surface area is 156 Å². The number of carbonyl (C=O) groups excluding carboxylic acids is 1. The summed E-state index contributed by atoms with van der Waals surface area (Å²) in [7, 11) is 1.38. The monoisotopic (exact) mass is 359 g/mol. The van der Waals surface area contributed by atoms with E-state index in [0.29, 0.717) is 5.56 Å². The molecule has 26 heavy (non-hydrogen) atoms. The molecule has 4 heteroatoms. The van der Waals surface area contributed by atoms with E-state index in [2.05, 4.69) is 42.2 Å². The number of ether oxygens (including phenoxy) is 1. The number of hydrogen-bond acceptors (Lipinski definition) is 4. The lowest BCUT2D eigenvalue weighted by Crippen LogP contribution is -2.02. The predicted molar refractivity (Wildman–Crippen MR) is 106 cm³/mol. The highest BCUT2D eigenvalue weighted by Crippen LogP contribution is 2.44. The summed E-state index contributed by atoms with van der Waals surface area (Å²) >= 11 is 1.75. The molecule has 4 rings (SSSR count). The third-order valence-electron chi connectivity index (χ3n) is 4.34. The third kappa shape index (κ3) is 3.00. The van der Waals surface area contributed by atoms with Crippen LogP contribution < -0.4 is 5.32 Å². The number of nitrogens with one attached hydrogen (secondary N) is 1. The van der Waals surface area contributed by atoms with Gasteiger partial charge in [-0.1, -0.05) is 48.7 Å². The van der Waals surface area contributed by atoms with Crippen LogP contribution in [0.2, 0.25) is 0 Å². The first kappa shape index (κ1) is 16.5. The van der Waals surface area contributed by atoms with Gasteiger partial charge in [0.2, 0.25) is 0 Å². The van der Waals surface area contributed by atoms with Crippen LogP contribution in [0.15, 0.2) is 83.1 Å². The lowest BCUT2D eigenvalue weighted by molar-refractivity contribution is 0.0600. The second-order valence-corrected chi connectivity index (χ2v) is 7.07. The van der Waals surface area contributed by atoms with E-state index in [1.807, 2.05) is 30.3 Å². The van der Waals surface area contributed by atoms with Crippen molar-refractivity contribution in [1.82, 2.24) is 0 Å². The quantitative estimate of drug-likeness (QED) is 0.473. The van der Waals surface area contributed by atoms with Crippen molar-refractivity contribution in [2.75, 3.05) is 12.4 Å². The molecule has 1 aliphatic heterocycles. The highest BCUT2D eigenvalue weighted by Gasteiger charge is 2.16. The van der Waals surface area contributed by atoms with E-state index in [9.17, 15) is 4.79 Å². The molecule has 0 aliphatic carbocycles. The molecule has 0 aromatic heterocycles. The van der Waals surface area contributed by atoms with Gasteiger partial charge in [-0.25, -0.2) is 4.79 Å². The van der Waals surface area contributed by atoms with Gasteiger partial charge < -0.3 is 10.1 Å². The largest absolute Gasteiger partial charge is 0.465 e. The van der Waals surface area contributed by atoms with Gasteiger partial charge in [-0.05, 0) is 53.1 Å². The number of fused-ring (bicyclic) bond motifs is 2. The lowest BCUT2D eigenvalue weighted by Gasteiger charge is -2.21. The standard InChI is InChI=1S/C22H17NO2S/c1-14(15-6-5-7-17(12-15)22(24)25-2)16-10-11-21-19(13-16)23-18-8-3-4-9-20(18)26-21/h3-13,23H,1H2,2H3. The SMILES string of the molecule is C=C(c1cccc(C(=O)OC)c1)c1ccc2c(c1)Nc1ccccc1S2. The Balaban J connectivity index is 1.66. The Kier molecular flexibility index (Phi) is 4.27. The van der Waals surface area contributed by atoms with E-state index in [-0.39, 0.29) is 5.97 Å². The van der Waals surface area contributed by atoms with E-state index >= 15 is 0 Å². The molecule has 0 saturated heterocycles. The molecule has 0 fully saturated rings. The minimum Gasteiger partial charge on any atom is -0.465 e. The number of para-hydroxylation sites is 1.